The second-order valence-corrected chi connectivity index (χ2v) is 11.8. The molecule has 200 valence electrons. The predicted octanol–water partition coefficient (Wildman–Crippen LogP) is 3.57. The number of aromatic amines is 1. The zero-order chi connectivity index (χ0) is 25.9. The number of anilines is 2. The van der Waals surface area contributed by atoms with E-state index < -0.39 is 0 Å². The number of hydrogen-bond acceptors (Lipinski definition) is 9. The van der Waals surface area contributed by atoms with Crippen LogP contribution in [-0.4, -0.2) is 81.6 Å². The van der Waals surface area contributed by atoms with Crippen molar-refractivity contribution in [3.8, 4) is 11.3 Å². The second kappa shape index (κ2) is 11.7. The van der Waals surface area contributed by atoms with E-state index in [4.69, 9.17) is 15.2 Å². The Labute approximate surface area is 231 Å². The number of nitrogens with zero attached hydrogens (tertiary/aromatic N) is 2. The van der Waals surface area contributed by atoms with Crippen molar-refractivity contribution < 1.29 is 9.47 Å². The molecule has 0 amide bonds. The number of nitrogens with one attached hydrogen (secondary N) is 2. The lowest BCUT2D eigenvalue weighted by molar-refractivity contribution is 0.0364. The smallest absolute Gasteiger partial charge is 0.250 e. The van der Waals surface area contributed by atoms with Gasteiger partial charge in [0.2, 0.25) is 5.56 Å². The molecule has 0 radical (unpaired) electrons. The third-order valence-corrected chi connectivity index (χ3v) is 9.68. The summed E-state index contributed by atoms with van der Waals surface area (Å²) < 4.78 is 11.0. The van der Waals surface area contributed by atoms with Crippen LogP contribution in [0.3, 0.4) is 0 Å². The van der Waals surface area contributed by atoms with Gasteiger partial charge in [-0.1, -0.05) is 35.7 Å². The predicted molar refractivity (Wildman–Crippen MR) is 154 cm³/mol. The molecule has 0 saturated carbocycles. The van der Waals surface area contributed by atoms with Gasteiger partial charge in [-0.3, -0.25) is 9.69 Å². The van der Waals surface area contributed by atoms with Crippen molar-refractivity contribution in [2.75, 3.05) is 75.9 Å². The van der Waals surface area contributed by atoms with Crippen molar-refractivity contribution in [1.82, 2.24) is 9.88 Å². The van der Waals surface area contributed by atoms with Crippen LogP contribution < -0.4 is 21.5 Å². The Hall–Kier alpha value is -2.47. The van der Waals surface area contributed by atoms with Crippen LogP contribution in [0.25, 0.3) is 11.3 Å². The summed E-state index contributed by atoms with van der Waals surface area (Å²) in [6.07, 6.45) is 0. The zero-order valence-corrected chi connectivity index (χ0v) is 22.9. The summed E-state index contributed by atoms with van der Waals surface area (Å²) in [6, 6.07) is 16.8. The topological polar surface area (TPSA) is 95.8 Å². The van der Waals surface area contributed by atoms with E-state index >= 15 is 0 Å². The first-order valence-electron chi connectivity index (χ1n) is 13.1. The minimum atomic E-state index is -0.0855. The van der Waals surface area contributed by atoms with Crippen LogP contribution in [0.15, 0.2) is 72.9 Å². The lowest BCUT2D eigenvalue weighted by Crippen LogP contribution is -2.45. The van der Waals surface area contributed by atoms with Gasteiger partial charge in [0.1, 0.15) is 0 Å². The molecule has 38 heavy (non-hydrogen) atoms. The number of morpholine rings is 2. The summed E-state index contributed by atoms with van der Waals surface area (Å²) in [4.78, 5) is 25.1. The van der Waals surface area contributed by atoms with Gasteiger partial charge in [-0.25, -0.2) is 0 Å². The van der Waals surface area contributed by atoms with Crippen LogP contribution in [-0.2, 0) is 9.47 Å². The van der Waals surface area contributed by atoms with E-state index in [1.807, 2.05) is 0 Å². The molecule has 1 unspecified atom stereocenters. The van der Waals surface area contributed by atoms with Crippen LogP contribution in [0.4, 0.5) is 11.4 Å². The lowest BCUT2D eigenvalue weighted by Gasteiger charge is -2.31. The molecule has 0 bridgehead atoms. The fraction of sp³-hybridized carbons (Fsp3) is 0.393. The summed E-state index contributed by atoms with van der Waals surface area (Å²) in [7, 11) is 0. The third kappa shape index (κ3) is 5.75. The highest BCUT2D eigenvalue weighted by Crippen LogP contribution is 2.52. The number of benzene rings is 2. The summed E-state index contributed by atoms with van der Waals surface area (Å²) in [6.45, 7) is 7.92. The van der Waals surface area contributed by atoms with E-state index in [1.54, 1.807) is 29.6 Å². The Morgan fingerprint density at radius 2 is 1.71 bits per heavy atom. The zero-order valence-electron chi connectivity index (χ0n) is 21.3. The van der Waals surface area contributed by atoms with Gasteiger partial charge in [-0.15, -0.1) is 0 Å². The standard InChI is InChI=1S/C28H33N5O3S2/c29-17-20(18-32-6-10-35-11-7-32)30-19-4-5-24-26(14-19)37-25-3-1-2-22(28(25)38-24)23-15-21(16-27(34)31-23)33-8-12-36-13-9-33/h1-5,14-16,20,30H,6-13,17-18,29H2,(H,31,34). The van der Waals surface area contributed by atoms with E-state index in [0.29, 0.717) is 19.8 Å². The highest BCUT2D eigenvalue weighted by Gasteiger charge is 2.23. The van der Waals surface area contributed by atoms with Gasteiger partial charge in [0.15, 0.2) is 0 Å². The fourth-order valence-corrected chi connectivity index (χ4v) is 7.50. The molecule has 4 N–H and O–H groups in total. The summed E-state index contributed by atoms with van der Waals surface area (Å²) in [5.41, 5.74) is 9.96. The van der Waals surface area contributed by atoms with Crippen LogP contribution >= 0.6 is 23.5 Å². The average Bonchev–Trinajstić information content (AvgIpc) is 2.96. The van der Waals surface area contributed by atoms with E-state index in [0.717, 1.165) is 68.6 Å². The van der Waals surface area contributed by atoms with Crippen LogP contribution in [0.2, 0.25) is 0 Å². The molecule has 6 rings (SSSR count). The molecule has 3 aliphatic rings. The molecule has 4 heterocycles. The molecule has 8 nitrogen and oxygen atoms in total. The van der Waals surface area contributed by atoms with Gasteiger partial charge in [0, 0.05) is 81.9 Å². The maximum atomic E-state index is 12.6. The van der Waals surface area contributed by atoms with Gasteiger partial charge >= 0.3 is 0 Å². The van der Waals surface area contributed by atoms with E-state index in [-0.39, 0.29) is 11.6 Å². The molecule has 3 aromatic rings. The summed E-state index contributed by atoms with van der Waals surface area (Å²) in [5.74, 6) is 0. The molecule has 0 spiro atoms. The highest BCUT2D eigenvalue weighted by atomic mass is 32.2. The largest absolute Gasteiger partial charge is 0.380 e. The number of fused-ring (bicyclic) bond motifs is 2. The number of H-pyrrole nitrogens is 1. The van der Waals surface area contributed by atoms with Crippen molar-refractivity contribution in [2.24, 2.45) is 5.73 Å². The highest BCUT2D eigenvalue weighted by molar-refractivity contribution is 8.05. The Balaban J connectivity index is 1.22. The molecule has 2 aromatic carbocycles. The summed E-state index contributed by atoms with van der Waals surface area (Å²) in [5, 5.41) is 3.65. The number of hydrogen-bond donors (Lipinski definition) is 3. The molecule has 0 aliphatic carbocycles. The van der Waals surface area contributed by atoms with Crippen LogP contribution in [0, 0.1) is 0 Å². The Morgan fingerprint density at radius 3 is 2.50 bits per heavy atom. The van der Waals surface area contributed by atoms with Crippen LogP contribution in [0.1, 0.15) is 0 Å². The molecule has 1 aromatic heterocycles. The van der Waals surface area contributed by atoms with E-state index in [2.05, 4.69) is 62.6 Å². The van der Waals surface area contributed by atoms with Crippen molar-refractivity contribution in [2.45, 2.75) is 25.6 Å². The van der Waals surface area contributed by atoms with Crippen LogP contribution in [0.5, 0.6) is 0 Å². The van der Waals surface area contributed by atoms with Gasteiger partial charge in [-0.2, -0.15) is 0 Å². The number of ether oxygens (including phenoxy) is 2. The number of rotatable bonds is 7. The third-order valence-electron chi connectivity index (χ3n) is 7.09. The molecule has 10 heteroatoms. The SMILES string of the molecule is NCC(CN1CCOCC1)Nc1ccc2c(c1)Sc1cccc(-c3cc(N4CCOCC4)cc(=O)[nH]3)c1S2. The minimum absolute atomic E-state index is 0.0855. The van der Waals surface area contributed by atoms with E-state index in [9.17, 15) is 4.79 Å². The van der Waals surface area contributed by atoms with Gasteiger partial charge in [-0.05, 0) is 30.3 Å². The van der Waals surface area contributed by atoms with Crippen molar-refractivity contribution in [3.05, 3.63) is 58.9 Å². The number of pyridine rings is 1. The fourth-order valence-electron chi connectivity index (χ4n) is 5.09. The van der Waals surface area contributed by atoms with E-state index in [1.165, 1.54) is 19.6 Å². The lowest BCUT2D eigenvalue weighted by atomic mass is 10.1. The minimum Gasteiger partial charge on any atom is -0.380 e. The number of nitrogens with two attached hydrogens (primary N) is 1. The van der Waals surface area contributed by atoms with Crippen molar-refractivity contribution >= 4 is 34.9 Å². The maximum absolute atomic E-state index is 12.6. The Bertz CT molecular complexity index is 1340. The summed E-state index contributed by atoms with van der Waals surface area (Å²) >= 11 is 3.54. The molecule has 1 atom stereocenters. The molecule has 2 fully saturated rings. The normalized spacial score (nSPS) is 18.5. The Kier molecular flexibility index (Phi) is 7.96. The maximum Gasteiger partial charge on any atom is 0.250 e. The monoisotopic (exact) mass is 551 g/mol. The van der Waals surface area contributed by atoms with Gasteiger partial charge in [0.25, 0.3) is 0 Å². The van der Waals surface area contributed by atoms with Gasteiger partial charge in [0.05, 0.1) is 38.2 Å². The molecular formula is C28H33N5O3S2. The average molecular weight is 552 g/mol. The molecular weight excluding hydrogens is 518 g/mol. The molecule has 2 saturated heterocycles. The molecule has 3 aliphatic heterocycles. The second-order valence-electron chi connectivity index (χ2n) is 9.70. The van der Waals surface area contributed by atoms with Gasteiger partial charge < -0.3 is 30.4 Å². The first-order valence-corrected chi connectivity index (χ1v) is 14.8. The number of aromatic nitrogens is 1. The van der Waals surface area contributed by atoms with Crippen molar-refractivity contribution in [1.29, 1.82) is 0 Å². The Morgan fingerprint density at radius 1 is 0.921 bits per heavy atom. The first kappa shape index (κ1) is 25.8. The van der Waals surface area contributed by atoms with Crippen molar-refractivity contribution in [3.63, 3.8) is 0 Å². The first-order chi connectivity index (χ1) is 18.7. The quantitative estimate of drug-likeness (QED) is 0.319.